The van der Waals surface area contributed by atoms with E-state index in [-0.39, 0.29) is 23.2 Å². The molecule has 0 saturated carbocycles. The van der Waals surface area contributed by atoms with Crippen molar-refractivity contribution in [2.45, 2.75) is 25.3 Å². The number of benzene rings is 3. The van der Waals surface area contributed by atoms with Crippen LogP contribution in [0.25, 0.3) is 0 Å². The number of hydrogen-bond donors (Lipinski definition) is 0. The lowest BCUT2D eigenvalue weighted by atomic mass is 9.83. The van der Waals surface area contributed by atoms with E-state index in [0.29, 0.717) is 30.0 Å². The first kappa shape index (κ1) is 27.2. The summed E-state index contributed by atoms with van der Waals surface area (Å²) >= 11 is 0. The lowest BCUT2D eigenvalue weighted by Gasteiger charge is -2.46. The van der Waals surface area contributed by atoms with Gasteiger partial charge in [0.25, 0.3) is 5.91 Å². The maximum Gasteiger partial charge on any atom is 0.255 e. The third-order valence-electron chi connectivity index (χ3n) is 7.28. The molecular weight excluding hydrogens is 479 g/mol. The number of rotatable bonds is 7. The van der Waals surface area contributed by atoms with Gasteiger partial charge in [-0.2, -0.15) is 5.26 Å². The van der Waals surface area contributed by atoms with Gasteiger partial charge in [-0.15, -0.1) is 0 Å². The van der Waals surface area contributed by atoms with E-state index < -0.39 is 0 Å². The molecule has 3 aromatic carbocycles. The number of piperazine rings is 1. The molecule has 198 valence electrons. The van der Waals surface area contributed by atoms with Crippen LogP contribution in [0.5, 0.6) is 5.75 Å². The molecule has 1 heterocycles. The summed E-state index contributed by atoms with van der Waals surface area (Å²) in [5.74, 6) is 0.254. The Morgan fingerprint density at radius 1 is 1.08 bits per heavy atom. The molecule has 1 aliphatic heterocycles. The van der Waals surface area contributed by atoms with Crippen molar-refractivity contribution < 1.29 is 13.9 Å². The minimum absolute atomic E-state index is 0.0803. The van der Waals surface area contributed by atoms with Crippen molar-refractivity contribution in [3.63, 3.8) is 0 Å². The highest BCUT2D eigenvalue weighted by molar-refractivity contribution is 6.00. The number of methoxy groups -OCH3 is 1. The normalized spacial score (nSPS) is 16.1. The number of anilines is 1. The highest BCUT2D eigenvalue weighted by Crippen LogP contribution is 2.36. The van der Waals surface area contributed by atoms with Crippen LogP contribution < -0.4 is 9.64 Å². The summed E-state index contributed by atoms with van der Waals surface area (Å²) in [4.78, 5) is 19.4. The zero-order valence-electron chi connectivity index (χ0n) is 22.7. The van der Waals surface area contributed by atoms with Crippen LogP contribution in [0, 0.1) is 17.1 Å². The highest BCUT2D eigenvalue weighted by atomic mass is 19.1. The van der Waals surface area contributed by atoms with E-state index in [1.54, 1.807) is 32.2 Å². The van der Waals surface area contributed by atoms with Crippen molar-refractivity contribution in [1.82, 2.24) is 9.80 Å². The fraction of sp³-hybridized carbons (Fsp3) is 0.355. The zero-order valence-corrected chi connectivity index (χ0v) is 22.7. The Morgan fingerprint density at radius 2 is 1.76 bits per heavy atom. The summed E-state index contributed by atoms with van der Waals surface area (Å²) in [6.07, 6.45) is 0. The fourth-order valence-electron chi connectivity index (χ4n) is 5.19. The predicted octanol–water partition coefficient (Wildman–Crippen LogP) is 5.25. The second kappa shape index (κ2) is 11.2. The van der Waals surface area contributed by atoms with Crippen molar-refractivity contribution in [1.29, 1.82) is 5.26 Å². The van der Waals surface area contributed by atoms with Gasteiger partial charge in [-0.1, -0.05) is 38.1 Å². The first-order valence-electron chi connectivity index (χ1n) is 12.8. The quantitative estimate of drug-likeness (QED) is 0.431. The van der Waals surface area contributed by atoms with Gasteiger partial charge in [0.05, 0.1) is 36.0 Å². The molecule has 1 fully saturated rings. The van der Waals surface area contributed by atoms with Gasteiger partial charge in [-0.25, -0.2) is 4.39 Å². The second-order valence-corrected chi connectivity index (χ2v) is 10.7. The van der Waals surface area contributed by atoms with Crippen molar-refractivity contribution in [2.75, 3.05) is 52.3 Å². The maximum absolute atomic E-state index is 13.8. The number of carbonyl (C=O) groups is 1. The molecule has 1 atom stereocenters. The van der Waals surface area contributed by atoms with Gasteiger partial charge in [0, 0.05) is 45.7 Å². The molecule has 0 aromatic heterocycles. The van der Waals surface area contributed by atoms with Gasteiger partial charge in [0.15, 0.2) is 0 Å². The van der Waals surface area contributed by atoms with E-state index in [0.717, 1.165) is 24.3 Å². The Kier molecular flexibility index (Phi) is 8.03. The topological polar surface area (TPSA) is 59.8 Å². The first-order chi connectivity index (χ1) is 18.1. The Bertz CT molecular complexity index is 1310. The Balaban J connectivity index is 1.67. The van der Waals surface area contributed by atoms with Crippen molar-refractivity contribution in [2.24, 2.45) is 0 Å². The molecule has 0 aliphatic carbocycles. The predicted molar refractivity (Wildman–Crippen MR) is 148 cm³/mol. The molecule has 1 aliphatic rings. The van der Waals surface area contributed by atoms with Crippen molar-refractivity contribution >= 4 is 11.6 Å². The van der Waals surface area contributed by atoms with Crippen LogP contribution >= 0.6 is 0 Å². The van der Waals surface area contributed by atoms with E-state index >= 15 is 0 Å². The molecule has 38 heavy (non-hydrogen) atoms. The SMILES string of the molecule is COc1ccc(N2CCN(CC(C)(C)c3ccc(C#N)cc3)C[C@H]2c2ccc(F)cc2)c(C(=O)N(C)C)c1. The monoisotopic (exact) mass is 514 g/mol. The molecule has 4 rings (SSSR count). The van der Waals surface area contributed by atoms with Gasteiger partial charge < -0.3 is 14.5 Å². The van der Waals surface area contributed by atoms with Gasteiger partial charge in [-0.3, -0.25) is 9.69 Å². The van der Waals surface area contributed by atoms with Crippen LogP contribution in [-0.4, -0.2) is 63.1 Å². The molecule has 0 unspecified atom stereocenters. The van der Waals surface area contributed by atoms with Gasteiger partial charge in [0.1, 0.15) is 11.6 Å². The third-order valence-corrected chi connectivity index (χ3v) is 7.28. The Morgan fingerprint density at radius 3 is 2.37 bits per heavy atom. The number of nitriles is 1. The molecule has 3 aromatic rings. The fourth-order valence-corrected chi connectivity index (χ4v) is 5.19. The lowest BCUT2D eigenvalue weighted by Crippen LogP contribution is -2.51. The summed E-state index contributed by atoms with van der Waals surface area (Å²) in [5.41, 5.74) is 4.09. The average Bonchev–Trinajstić information content (AvgIpc) is 2.92. The summed E-state index contributed by atoms with van der Waals surface area (Å²) in [5, 5.41) is 9.16. The first-order valence-corrected chi connectivity index (χ1v) is 12.8. The molecule has 0 bridgehead atoms. The van der Waals surface area contributed by atoms with Crippen LogP contribution in [0.3, 0.4) is 0 Å². The smallest absolute Gasteiger partial charge is 0.255 e. The van der Waals surface area contributed by atoms with Crippen LogP contribution in [0.4, 0.5) is 10.1 Å². The van der Waals surface area contributed by atoms with Crippen molar-refractivity contribution in [3.05, 3.63) is 94.8 Å². The van der Waals surface area contributed by atoms with Crippen LogP contribution in [0.2, 0.25) is 0 Å². The molecule has 7 heteroatoms. The summed E-state index contributed by atoms with van der Waals surface area (Å²) < 4.78 is 19.3. The summed E-state index contributed by atoms with van der Waals surface area (Å²) in [7, 11) is 5.08. The van der Waals surface area contributed by atoms with E-state index in [1.807, 2.05) is 48.5 Å². The van der Waals surface area contributed by atoms with Gasteiger partial charge in [0.2, 0.25) is 0 Å². The average molecular weight is 515 g/mol. The number of halogens is 1. The molecule has 1 saturated heterocycles. The molecule has 0 spiro atoms. The largest absolute Gasteiger partial charge is 0.497 e. The minimum atomic E-state index is -0.275. The molecule has 0 radical (unpaired) electrons. The molecule has 1 amide bonds. The van der Waals surface area contributed by atoms with Crippen molar-refractivity contribution in [3.8, 4) is 11.8 Å². The van der Waals surface area contributed by atoms with Crippen LogP contribution in [0.15, 0.2) is 66.7 Å². The van der Waals surface area contributed by atoms with Gasteiger partial charge >= 0.3 is 0 Å². The Hall–Kier alpha value is -3.89. The minimum Gasteiger partial charge on any atom is -0.497 e. The number of ether oxygens (including phenoxy) is 1. The number of carbonyl (C=O) groups excluding carboxylic acids is 1. The second-order valence-electron chi connectivity index (χ2n) is 10.7. The summed E-state index contributed by atoms with van der Waals surface area (Å²) in [6.45, 7) is 7.46. The maximum atomic E-state index is 13.8. The number of hydrogen-bond acceptors (Lipinski definition) is 5. The summed E-state index contributed by atoms with van der Waals surface area (Å²) in [6, 6.07) is 22.2. The van der Waals surface area contributed by atoms with Crippen LogP contribution in [-0.2, 0) is 5.41 Å². The zero-order chi connectivity index (χ0) is 27.4. The van der Waals surface area contributed by atoms with E-state index in [9.17, 15) is 9.18 Å². The number of nitrogens with zero attached hydrogens (tertiary/aromatic N) is 4. The van der Waals surface area contributed by atoms with Gasteiger partial charge in [-0.05, 0) is 53.6 Å². The molecule has 6 nitrogen and oxygen atoms in total. The lowest BCUT2D eigenvalue weighted by molar-refractivity contribution is 0.0827. The number of amides is 1. The van der Waals surface area contributed by atoms with E-state index in [4.69, 9.17) is 10.00 Å². The van der Waals surface area contributed by atoms with E-state index in [1.165, 1.54) is 17.7 Å². The molecule has 0 N–H and O–H groups in total. The Labute approximate surface area is 224 Å². The van der Waals surface area contributed by atoms with E-state index in [2.05, 4.69) is 29.7 Å². The standard InChI is InChI=1S/C31H35FN4O2/c1-31(2,24-10-6-22(19-33)7-11-24)21-35-16-17-36(29(20-35)23-8-12-25(32)13-9-23)28-15-14-26(38-5)18-27(28)30(37)34(3)4/h6-15,18,29H,16-17,20-21H2,1-5H3/t29-/m0/s1. The van der Waals surface area contributed by atoms with Crippen LogP contribution in [0.1, 0.15) is 46.9 Å². The highest BCUT2D eigenvalue weighted by Gasteiger charge is 2.34. The molecular formula is C31H35FN4O2. The third kappa shape index (κ3) is 5.81.